The first-order valence-electron chi connectivity index (χ1n) is 10.8. The monoisotopic (exact) mass is 436 g/mol. The molecule has 1 fully saturated rings. The first-order valence-corrected chi connectivity index (χ1v) is 11.6. The molecule has 6 heteroatoms. The molecule has 1 aliphatic heterocycles. The van der Waals surface area contributed by atoms with Crippen molar-refractivity contribution in [3.8, 4) is 0 Å². The number of nitrogens with zero attached hydrogens (tertiary/aromatic N) is 1. The molecular formula is C25H28N2O3S. The van der Waals surface area contributed by atoms with E-state index in [0.29, 0.717) is 19.7 Å². The number of carbonyl (C=O) groups excluding carboxylic acids is 2. The second-order valence-electron chi connectivity index (χ2n) is 8.00. The van der Waals surface area contributed by atoms with E-state index >= 15 is 0 Å². The zero-order valence-electron chi connectivity index (χ0n) is 18.0. The molecule has 1 N–H and O–H groups in total. The first-order chi connectivity index (χ1) is 15.0. The van der Waals surface area contributed by atoms with E-state index < -0.39 is 0 Å². The van der Waals surface area contributed by atoms with Crippen LogP contribution in [0.15, 0.2) is 48.5 Å². The number of amides is 2. The molecule has 5 nitrogen and oxygen atoms in total. The second kappa shape index (κ2) is 9.52. The molecule has 0 radical (unpaired) electrons. The zero-order chi connectivity index (χ0) is 21.8. The van der Waals surface area contributed by atoms with Gasteiger partial charge in [0.05, 0.1) is 11.5 Å². The maximum atomic E-state index is 13.3. The number of thiophene rings is 1. The van der Waals surface area contributed by atoms with Gasteiger partial charge >= 0.3 is 6.09 Å². The molecule has 0 unspecified atom stereocenters. The Kier molecular flexibility index (Phi) is 6.56. The Bertz CT molecular complexity index is 1070. The van der Waals surface area contributed by atoms with Gasteiger partial charge in [0.25, 0.3) is 5.91 Å². The van der Waals surface area contributed by atoms with Gasteiger partial charge in [-0.05, 0) is 55.7 Å². The van der Waals surface area contributed by atoms with Gasteiger partial charge in [-0.3, -0.25) is 4.79 Å². The van der Waals surface area contributed by atoms with E-state index in [9.17, 15) is 9.59 Å². The van der Waals surface area contributed by atoms with Crippen LogP contribution in [-0.2, 0) is 11.2 Å². The summed E-state index contributed by atoms with van der Waals surface area (Å²) < 4.78 is 6.21. The van der Waals surface area contributed by atoms with E-state index in [1.165, 1.54) is 11.1 Å². The van der Waals surface area contributed by atoms with Crippen LogP contribution in [0, 0.1) is 6.92 Å². The van der Waals surface area contributed by atoms with Gasteiger partial charge in [-0.1, -0.05) is 48.0 Å². The standard InChI is InChI=1S/C25H28N2O3S/c1-3-30-25(29)27-14-12-19(13-15-27)26-24(28)23-21(16-18-10-8-17(2)9-11-18)20-6-4-5-7-22(20)31-23/h4-11,19H,3,12-16H2,1-2H3,(H,26,28). The molecule has 162 valence electrons. The van der Waals surface area contributed by atoms with E-state index in [1.54, 1.807) is 16.2 Å². The summed E-state index contributed by atoms with van der Waals surface area (Å²) >= 11 is 1.56. The molecule has 3 aromatic rings. The quantitative estimate of drug-likeness (QED) is 0.602. The molecule has 0 bridgehead atoms. The number of fused-ring (bicyclic) bond motifs is 1. The van der Waals surface area contributed by atoms with Crippen molar-refractivity contribution in [3.63, 3.8) is 0 Å². The molecule has 0 spiro atoms. The number of ether oxygens (including phenoxy) is 1. The SMILES string of the molecule is CCOC(=O)N1CCC(NC(=O)c2sc3ccccc3c2Cc2ccc(C)cc2)CC1. The maximum Gasteiger partial charge on any atom is 0.409 e. The lowest BCUT2D eigenvalue weighted by Crippen LogP contribution is -2.46. The van der Waals surface area contributed by atoms with Crippen LogP contribution in [0.5, 0.6) is 0 Å². The van der Waals surface area contributed by atoms with Crippen LogP contribution in [0.25, 0.3) is 10.1 Å². The number of carbonyl (C=O) groups is 2. The molecule has 0 atom stereocenters. The van der Waals surface area contributed by atoms with Crippen LogP contribution in [0.1, 0.15) is 46.1 Å². The minimum Gasteiger partial charge on any atom is -0.450 e. The number of aryl methyl sites for hydroxylation is 1. The molecule has 2 aromatic carbocycles. The average molecular weight is 437 g/mol. The number of likely N-dealkylation sites (tertiary alicyclic amines) is 1. The van der Waals surface area contributed by atoms with E-state index in [-0.39, 0.29) is 18.0 Å². The summed E-state index contributed by atoms with van der Waals surface area (Å²) in [5.41, 5.74) is 3.52. The molecule has 1 saturated heterocycles. The van der Waals surface area contributed by atoms with Crippen molar-refractivity contribution >= 4 is 33.4 Å². The summed E-state index contributed by atoms with van der Waals surface area (Å²) in [4.78, 5) is 27.7. The molecule has 31 heavy (non-hydrogen) atoms. The Labute approximate surface area is 187 Å². The van der Waals surface area contributed by atoms with Crippen molar-refractivity contribution in [2.45, 2.75) is 39.2 Å². The minimum absolute atomic E-state index is 0.0158. The van der Waals surface area contributed by atoms with Gasteiger partial charge in [0, 0.05) is 23.8 Å². The van der Waals surface area contributed by atoms with E-state index in [4.69, 9.17) is 4.74 Å². The largest absolute Gasteiger partial charge is 0.450 e. The maximum absolute atomic E-state index is 13.3. The lowest BCUT2D eigenvalue weighted by atomic mass is 10.00. The zero-order valence-corrected chi connectivity index (χ0v) is 18.8. The molecule has 0 saturated carbocycles. The number of nitrogens with one attached hydrogen (secondary N) is 1. The van der Waals surface area contributed by atoms with Crippen LogP contribution in [0.4, 0.5) is 4.79 Å². The fraction of sp³-hybridized carbons (Fsp3) is 0.360. The highest BCUT2D eigenvalue weighted by atomic mass is 32.1. The number of hydrogen-bond acceptors (Lipinski definition) is 4. The van der Waals surface area contributed by atoms with E-state index in [2.05, 4.69) is 48.6 Å². The Morgan fingerprint density at radius 2 is 1.81 bits per heavy atom. The smallest absolute Gasteiger partial charge is 0.409 e. The third-order valence-electron chi connectivity index (χ3n) is 5.76. The third kappa shape index (κ3) is 4.90. The highest BCUT2D eigenvalue weighted by molar-refractivity contribution is 7.21. The Balaban J connectivity index is 1.50. The van der Waals surface area contributed by atoms with Crippen LogP contribution in [-0.4, -0.2) is 42.6 Å². The first kappa shape index (κ1) is 21.4. The van der Waals surface area contributed by atoms with E-state index in [1.807, 2.05) is 19.1 Å². The number of benzene rings is 2. The van der Waals surface area contributed by atoms with Crippen LogP contribution < -0.4 is 5.32 Å². The fourth-order valence-electron chi connectivity index (χ4n) is 4.04. The predicted octanol–water partition coefficient (Wildman–Crippen LogP) is 5.15. The van der Waals surface area contributed by atoms with Gasteiger partial charge in [0.2, 0.25) is 0 Å². The molecule has 1 aliphatic rings. The summed E-state index contributed by atoms with van der Waals surface area (Å²) in [6, 6.07) is 16.8. The highest BCUT2D eigenvalue weighted by Crippen LogP contribution is 2.33. The Morgan fingerprint density at radius 3 is 2.52 bits per heavy atom. The lowest BCUT2D eigenvalue weighted by Gasteiger charge is -2.31. The Hall–Kier alpha value is -2.86. The van der Waals surface area contributed by atoms with Gasteiger partial charge in [-0.2, -0.15) is 0 Å². The number of hydrogen-bond donors (Lipinski definition) is 1. The fourth-order valence-corrected chi connectivity index (χ4v) is 5.16. The van der Waals surface area contributed by atoms with Crippen molar-refractivity contribution in [1.29, 1.82) is 0 Å². The number of rotatable bonds is 5. The van der Waals surface area contributed by atoms with Crippen molar-refractivity contribution in [3.05, 3.63) is 70.1 Å². The average Bonchev–Trinajstić information content (AvgIpc) is 3.14. The van der Waals surface area contributed by atoms with Crippen molar-refractivity contribution in [2.24, 2.45) is 0 Å². The third-order valence-corrected chi connectivity index (χ3v) is 6.97. The van der Waals surface area contributed by atoms with Crippen molar-refractivity contribution in [1.82, 2.24) is 10.2 Å². The van der Waals surface area contributed by atoms with Crippen molar-refractivity contribution < 1.29 is 14.3 Å². The second-order valence-corrected chi connectivity index (χ2v) is 9.05. The van der Waals surface area contributed by atoms with Gasteiger partial charge < -0.3 is 15.0 Å². The van der Waals surface area contributed by atoms with Crippen LogP contribution in [0.2, 0.25) is 0 Å². The molecule has 1 aromatic heterocycles. The van der Waals surface area contributed by atoms with Crippen LogP contribution in [0.3, 0.4) is 0 Å². The van der Waals surface area contributed by atoms with Crippen LogP contribution >= 0.6 is 11.3 Å². The molecule has 4 rings (SSSR count). The highest BCUT2D eigenvalue weighted by Gasteiger charge is 2.26. The number of piperidine rings is 1. The summed E-state index contributed by atoms with van der Waals surface area (Å²) in [7, 11) is 0. The molecule has 2 heterocycles. The predicted molar refractivity (Wildman–Crippen MR) is 125 cm³/mol. The summed E-state index contributed by atoms with van der Waals surface area (Å²) in [5, 5.41) is 4.36. The lowest BCUT2D eigenvalue weighted by molar-refractivity contribution is 0.0862. The van der Waals surface area contributed by atoms with E-state index in [0.717, 1.165) is 39.8 Å². The summed E-state index contributed by atoms with van der Waals surface area (Å²) in [5.74, 6) is -0.0158. The molecular weight excluding hydrogens is 408 g/mol. The summed E-state index contributed by atoms with van der Waals surface area (Å²) in [6.07, 6.45) is 1.94. The topological polar surface area (TPSA) is 58.6 Å². The minimum atomic E-state index is -0.267. The molecule has 2 amide bonds. The molecule has 0 aliphatic carbocycles. The van der Waals surface area contributed by atoms with Gasteiger partial charge in [0.1, 0.15) is 0 Å². The van der Waals surface area contributed by atoms with Gasteiger partial charge in [0.15, 0.2) is 0 Å². The van der Waals surface area contributed by atoms with Gasteiger partial charge in [-0.25, -0.2) is 4.79 Å². The Morgan fingerprint density at radius 1 is 1.10 bits per heavy atom. The van der Waals surface area contributed by atoms with Crippen molar-refractivity contribution in [2.75, 3.05) is 19.7 Å². The normalized spacial score (nSPS) is 14.6. The summed E-state index contributed by atoms with van der Waals surface area (Å²) in [6.45, 7) is 5.48. The van der Waals surface area contributed by atoms with Gasteiger partial charge in [-0.15, -0.1) is 11.3 Å².